The summed E-state index contributed by atoms with van der Waals surface area (Å²) in [5, 5.41) is 13.6. The molecule has 1 N–H and O–H groups in total. The molecule has 1 heterocycles. The Bertz CT molecular complexity index is 1080. The van der Waals surface area contributed by atoms with E-state index in [4.69, 9.17) is 9.47 Å². The Morgan fingerprint density at radius 1 is 1.09 bits per heavy atom. The monoisotopic (exact) mass is 455 g/mol. The number of fused-ring (bicyclic) bond motifs is 1. The van der Waals surface area contributed by atoms with Crippen LogP contribution in [0.2, 0.25) is 0 Å². The highest BCUT2D eigenvalue weighted by Crippen LogP contribution is 2.29. The number of anilines is 1. The number of rotatable bonds is 10. The van der Waals surface area contributed by atoms with Gasteiger partial charge in [-0.25, -0.2) is 0 Å². The lowest BCUT2D eigenvalue weighted by molar-refractivity contribution is -0.384. The Morgan fingerprint density at radius 2 is 1.76 bits per heavy atom. The number of nitrogens with one attached hydrogen (secondary N) is 1. The van der Waals surface area contributed by atoms with Crippen LogP contribution in [0.5, 0.6) is 5.75 Å². The third kappa shape index (κ3) is 5.50. The molecule has 0 aromatic heterocycles. The molecule has 0 saturated carbocycles. The fourth-order valence-electron chi connectivity index (χ4n) is 3.25. The number of nitro groups is 1. The van der Waals surface area contributed by atoms with Crippen molar-refractivity contribution in [2.75, 3.05) is 25.1 Å². The van der Waals surface area contributed by atoms with Crippen LogP contribution in [-0.4, -0.2) is 53.3 Å². The van der Waals surface area contributed by atoms with Crippen molar-refractivity contribution in [1.82, 2.24) is 4.90 Å². The van der Waals surface area contributed by atoms with Gasteiger partial charge >= 0.3 is 5.97 Å². The minimum absolute atomic E-state index is 0.0337. The average molecular weight is 455 g/mol. The minimum Gasteiger partial charge on any atom is -0.494 e. The molecule has 0 saturated heterocycles. The van der Waals surface area contributed by atoms with Gasteiger partial charge in [-0.15, -0.1) is 0 Å². The molecule has 3 rings (SSSR count). The zero-order chi connectivity index (χ0) is 24.0. The van der Waals surface area contributed by atoms with Gasteiger partial charge < -0.3 is 14.8 Å². The summed E-state index contributed by atoms with van der Waals surface area (Å²) in [6, 6.07) is 10.4. The average Bonchev–Trinajstić information content (AvgIpc) is 3.04. The van der Waals surface area contributed by atoms with Gasteiger partial charge in [0.25, 0.3) is 23.4 Å². The fourth-order valence-corrected chi connectivity index (χ4v) is 3.25. The summed E-state index contributed by atoms with van der Waals surface area (Å²) in [7, 11) is 0. The molecule has 0 fully saturated rings. The van der Waals surface area contributed by atoms with Gasteiger partial charge in [0.15, 0.2) is 6.61 Å². The first kappa shape index (κ1) is 23.4. The largest absolute Gasteiger partial charge is 0.494 e. The predicted molar refractivity (Wildman–Crippen MR) is 115 cm³/mol. The molecule has 1 aliphatic heterocycles. The van der Waals surface area contributed by atoms with E-state index in [9.17, 15) is 29.3 Å². The second-order valence-corrected chi connectivity index (χ2v) is 6.99. The third-order valence-corrected chi connectivity index (χ3v) is 4.76. The number of nitro benzene ring substituents is 1. The normalized spacial score (nSPS) is 12.3. The van der Waals surface area contributed by atoms with Crippen molar-refractivity contribution in [3.05, 3.63) is 63.7 Å². The van der Waals surface area contributed by atoms with Crippen molar-refractivity contribution in [2.24, 2.45) is 0 Å². The van der Waals surface area contributed by atoms with Crippen LogP contribution in [0.25, 0.3) is 0 Å². The fraction of sp³-hybridized carbons (Fsp3) is 0.273. The zero-order valence-corrected chi connectivity index (χ0v) is 17.7. The van der Waals surface area contributed by atoms with Gasteiger partial charge in [0.1, 0.15) is 11.4 Å². The number of benzene rings is 2. The standard InChI is InChI=1S/C22H21N3O8/c1-2-32-14-9-10-17(18(12-14)25(30)31)23-19(26)13-33-20(27)8-5-11-24-21(28)15-6-3-4-7-16(15)22(24)29/h3-4,6-7,9-10,12H,2,5,8,11,13H2,1H3,(H,23,26). The number of hydrogen-bond donors (Lipinski definition) is 1. The summed E-state index contributed by atoms with van der Waals surface area (Å²) < 4.78 is 10.1. The number of imide groups is 1. The van der Waals surface area contributed by atoms with Crippen LogP contribution in [0.15, 0.2) is 42.5 Å². The number of esters is 1. The van der Waals surface area contributed by atoms with Gasteiger partial charge in [-0.1, -0.05) is 12.1 Å². The highest BCUT2D eigenvalue weighted by molar-refractivity contribution is 6.21. The Morgan fingerprint density at radius 3 is 2.36 bits per heavy atom. The van der Waals surface area contributed by atoms with Crippen molar-refractivity contribution >= 4 is 35.1 Å². The zero-order valence-electron chi connectivity index (χ0n) is 17.7. The Kier molecular flexibility index (Phi) is 7.34. The maximum atomic E-state index is 12.3. The van der Waals surface area contributed by atoms with E-state index in [1.807, 2.05) is 0 Å². The van der Waals surface area contributed by atoms with Crippen molar-refractivity contribution in [1.29, 1.82) is 0 Å². The quantitative estimate of drug-likeness (QED) is 0.249. The summed E-state index contributed by atoms with van der Waals surface area (Å²) in [5.41, 5.74) is 0.229. The minimum atomic E-state index is -0.754. The van der Waals surface area contributed by atoms with Gasteiger partial charge in [0.05, 0.1) is 28.7 Å². The Balaban J connectivity index is 1.45. The first-order chi connectivity index (χ1) is 15.8. The molecular formula is C22H21N3O8. The lowest BCUT2D eigenvalue weighted by Crippen LogP contribution is -2.31. The number of amides is 3. The predicted octanol–water partition coefficient (Wildman–Crippen LogP) is 2.55. The lowest BCUT2D eigenvalue weighted by Gasteiger charge is -2.13. The lowest BCUT2D eigenvalue weighted by atomic mass is 10.1. The van der Waals surface area contributed by atoms with Crippen LogP contribution >= 0.6 is 0 Å². The summed E-state index contributed by atoms with van der Waals surface area (Å²) >= 11 is 0. The first-order valence-electron chi connectivity index (χ1n) is 10.1. The van der Waals surface area contributed by atoms with Gasteiger partial charge in [-0.3, -0.25) is 34.2 Å². The van der Waals surface area contributed by atoms with Gasteiger partial charge in [-0.2, -0.15) is 0 Å². The number of ether oxygens (including phenoxy) is 2. The van der Waals surface area contributed by atoms with E-state index in [1.165, 1.54) is 18.2 Å². The number of carbonyl (C=O) groups is 4. The van der Waals surface area contributed by atoms with E-state index in [0.717, 1.165) is 4.90 Å². The van der Waals surface area contributed by atoms with E-state index in [2.05, 4.69) is 5.32 Å². The van der Waals surface area contributed by atoms with Crippen LogP contribution in [-0.2, 0) is 14.3 Å². The maximum Gasteiger partial charge on any atom is 0.306 e. The molecule has 11 heteroatoms. The number of hydrogen-bond acceptors (Lipinski definition) is 8. The molecule has 2 aromatic carbocycles. The maximum absolute atomic E-state index is 12.3. The van der Waals surface area contributed by atoms with Gasteiger partial charge in [0, 0.05) is 13.0 Å². The molecule has 11 nitrogen and oxygen atoms in total. The molecule has 0 bridgehead atoms. The molecule has 0 atom stereocenters. The molecule has 0 aliphatic carbocycles. The summed E-state index contributed by atoms with van der Waals surface area (Å²) in [6.07, 6.45) is 0.0418. The second-order valence-electron chi connectivity index (χ2n) is 6.99. The van der Waals surface area contributed by atoms with Crippen molar-refractivity contribution < 1.29 is 33.6 Å². The van der Waals surface area contributed by atoms with Crippen LogP contribution in [0.1, 0.15) is 40.5 Å². The molecule has 0 unspecified atom stereocenters. The molecule has 1 aliphatic rings. The number of nitrogens with zero attached hydrogens (tertiary/aromatic N) is 2. The summed E-state index contributed by atoms with van der Waals surface area (Å²) in [6.45, 7) is 1.45. The molecule has 2 aromatic rings. The molecule has 0 radical (unpaired) electrons. The van der Waals surface area contributed by atoms with Crippen LogP contribution in [0, 0.1) is 10.1 Å². The van der Waals surface area contributed by atoms with Crippen LogP contribution in [0.4, 0.5) is 11.4 Å². The molecule has 33 heavy (non-hydrogen) atoms. The molecule has 3 amide bonds. The van der Waals surface area contributed by atoms with Crippen LogP contribution < -0.4 is 10.1 Å². The topological polar surface area (TPSA) is 145 Å². The first-order valence-corrected chi connectivity index (χ1v) is 10.1. The highest BCUT2D eigenvalue weighted by Gasteiger charge is 2.34. The van der Waals surface area contributed by atoms with Gasteiger partial charge in [-0.05, 0) is 37.6 Å². The smallest absolute Gasteiger partial charge is 0.306 e. The Hall–Kier alpha value is -4.28. The van der Waals surface area contributed by atoms with E-state index >= 15 is 0 Å². The third-order valence-electron chi connectivity index (χ3n) is 4.76. The molecule has 172 valence electrons. The van der Waals surface area contributed by atoms with E-state index in [1.54, 1.807) is 31.2 Å². The van der Waals surface area contributed by atoms with Gasteiger partial charge in [0.2, 0.25) is 0 Å². The molecule has 0 spiro atoms. The van der Waals surface area contributed by atoms with E-state index in [0.29, 0.717) is 17.7 Å². The second kappa shape index (κ2) is 10.4. The van der Waals surface area contributed by atoms with E-state index < -0.39 is 35.2 Å². The summed E-state index contributed by atoms with van der Waals surface area (Å²) in [4.78, 5) is 60.2. The SMILES string of the molecule is CCOc1ccc(NC(=O)COC(=O)CCCN2C(=O)c3ccccc3C2=O)c([N+](=O)[O-])c1. The van der Waals surface area contributed by atoms with Crippen molar-refractivity contribution in [3.8, 4) is 5.75 Å². The van der Waals surface area contributed by atoms with E-state index in [-0.39, 0.29) is 36.5 Å². The molecular weight excluding hydrogens is 434 g/mol. The Labute approximate surface area is 188 Å². The van der Waals surface area contributed by atoms with Crippen molar-refractivity contribution in [3.63, 3.8) is 0 Å². The van der Waals surface area contributed by atoms with Crippen LogP contribution in [0.3, 0.4) is 0 Å². The highest BCUT2D eigenvalue weighted by atomic mass is 16.6. The van der Waals surface area contributed by atoms with Crippen molar-refractivity contribution in [2.45, 2.75) is 19.8 Å². The number of carbonyl (C=O) groups excluding carboxylic acids is 4. The summed E-state index contributed by atoms with van der Waals surface area (Å²) in [5.74, 6) is -2.01.